The summed E-state index contributed by atoms with van der Waals surface area (Å²) in [5.74, 6) is 1.74. The van der Waals surface area contributed by atoms with E-state index in [1.165, 1.54) is 12.8 Å². The van der Waals surface area contributed by atoms with E-state index in [-0.39, 0.29) is 12.5 Å². The largest absolute Gasteiger partial charge is 0.357 e. The van der Waals surface area contributed by atoms with Gasteiger partial charge in [0.15, 0.2) is 5.96 Å². The first-order chi connectivity index (χ1) is 9.19. The summed E-state index contributed by atoms with van der Waals surface area (Å²) in [6, 6.07) is 0.418. The minimum atomic E-state index is 0.0447. The van der Waals surface area contributed by atoms with Crippen molar-refractivity contribution in [2.24, 2.45) is 10.9 Å². The third kappa shape index (κ3) is 4.73. The number of hydrogen-bond acceptors (Lipinski definition) is 2. The van der Waals surface area contributed by atoms with E-state index < -0.39 is 0 Å². The number of amides is 1. The molecule has 2 aliphatic rings. The summed E-state index contributed by atoms with van der Waals surface area (Å²) in [6.07, 6.45) is 4.66. The molecule has 2 N–H and O–H groups in total. The number of hydrogen-bond donors (Lipinski definition) is 2. The molecule has 2 fully saturated rings. The first-order valence-electron chi connectivity index (χ1n) is 7.51. The maximum Gasteiger partial charge on any atom is 0.242 e. The Labute approximate surface area is 115 Å². The lowest BCUT2D eigenvalue weighted by atomic mass is 10.00. The lowest BCUT2D eigenvalue weighted by Gasteiger charge is -2.32. The fourth-order valence-electron chi connectivity index (χ4n) is 2.29. The molecule has 19 heavy (non-hydrogen) atoms. The monoisotopic (exact) mass is 266 g/mol. The van der Waals surface area contributed by atoms with Crippen molar-refractivity contribution in [2.75, 3.05) is 26.2 Å². The molecule has 0 unspecified atom stereocenters. The van der Waals surface area contributed by atoms with E-state index in [9.17, 15) is 4.79 Å². The van der Waals surface area contributed by atoms with Crippen LogP contribution in [-0.2, 0) is 4.79 Å². The van der Waals surface area contributed by atoms with Crippen molar-refractivity contribution in [1.82, 2.24) is 15.5 Å². The maximum absolute atomic E-state index is 11.7. The molecule has 1 saturated heterocycles. The van der Waals surface area contributed by atoms with Gasteiger partial charge in [0, 0.05) is 25.7 Å². The van der Waals surface area contributed by atoms with Gasteiger partial charge in [-0.05, 0) is 38.5 Å². The van der Waals surface area contributed by atoms with Crippen LogP contribution in [-0.4, -0.2) is 49.0 Å². The first-order valence-corrected chi connectivity index (χ1v) is 7.51. The molecule has 0 spiro atoms. The Morgan fingerprint density at radius 3 is 2.53 bits per heavy atom. The summed E-state index contributed by atoms with van der Waals surface area (Å²) >= 11 is 0. The van der Waals surface area contributed by atoms with Gasteiger partial charge < -0.3 is 15.5 Å². The molecule has 2 rings (SSSR count). The van der Waals surface area contributed by atoms with Crippen LogP contribution >= 0.6 is 0 Å². The molecule has 108 valence electrons. The molecular weight excluding hydrogens is 240 g/mol. The van der Waals surface area contributed by atoms with Gasteiger partial charge >= 0.3 is 0 Å². The highest BCUT2D eigenvalue weighted by Gasteiger charge is 2.23. The summed E-state index contributed by atoms with van der Waals surface area (Å²) < 4.78 is 0. The van der Waals surface area contributed by atoms with Gasteiger partial charge in [-0.2, -0.15) is 0 Å². The second-order valence-electron chi connectivity index (χ2n) is 5.68. The van der Waals surface area contributed by atoms with Crippen LogP contribution in [0.25, 0.3) is 0 Å². The van der Waals surface area contributed by atoms with Gasteiger partial charge in [0.05, 0.1) is 0 Å². The molecule has 0 aromatic rings. The van der Waals surface area contributed by atoms with Crippen molar-refractivity contribution in [3.8, 4) is 0 Å². The second-order valence-corrected chi connectivity index (χ2v) is 5.68. The van der Waals surface area contributed by atoms with Crippen LogP contribution in [0.2, 0.25) is 0 Å². The molecule has 1 aliphatic carbocycles. The summed E-state index contributed by atoms with van der Waals surface area (Å²) in [5.41, 5.74) is 0. The van der Waals surface area contributed by atoms with Crippen LogP contribution in [0.4, 0.5) is 0 Å². The van der Waals surface area contributed by atoms with E-state index in [0.29, 0.717) is 6.04 Å². The molecule has 1 amide bonds. The van der Waals surface area contributed by atoms with Crippen molar-refractivity contribution in [1.29, 1.82) is 0 Å². The fraction of sp³-hybridized carbons (Fsp3) is 0.857. The Bertz CT molecular complexity index is 330. The number of piperidine rings is 1. The van der Waals surface area contributed by atoms with E-state index in [0.717, 1.165) is 44.4 Å². The summed E-state index contributed by atoms with van der Waals surface area (Å²) in [6.45, 7) is 7.52. The van der Waals surface area contributed by atoms with Gasteiger partial charge in [-0.15, -0.1) is 0 Å². The normalized spacial score (nSPS) is 21.4. The quantitative estimate of drug-likeness (QED) is 0.589. The lowest BCUT2D eigenvalue weighted by Crippen LogP contribution is -2.45. The van der Waals surface area contributed by atoms with Crippen LogP contribution in [0, 0.1) is 5.92 Å². The summed E-state index contributed by atoms with van der Waals surface area (Å²) in [7, 11) is 0. The zero-order valence-corrected chi connectivity index (χ0v) is 12.1. The minimum absolute atomic E-state index is 0.0447. The van der Waals surface area contributed by atoms with Crippen LogP contribution < -0.4 is 10.6 Å². The Balaban J connectivity index is 1.84. The van der Waals surface area contributed by atoms with Crippen LogP contribution in [0.3, 0.4) is 0 Å². The van der Waals surface area contributed by atoms with Crippen molar-refractivity contribution in [3.63, 3.8) is 0 Å². The van der Waals surface area contributed by atoms with Crippen molar-refractivity contribution in [3.05, 3.63) is 0 Å². The van der Waals surface area contributed by atoms with Gasteiger partial charge in [0.2, 0.25) is 5.91 Å². The van der Waals surface area contributed by atoms with E-state index in [2.05, 4.69) is 34.4 Å². The number of carbonyl (C=O) groups excluding carboxylic acids is 1. The van der Waals surface area contributed by atoms with Crippen molar-refractivity contribution >= 4 is 11.9 Å². The van der Waals surface area contributed by atoms with E-state index in [4.69, 9.17) is 0 Å². The van der Waals surface area contributed by atoms with Gasteiger partial charge in [0.1, 0.15) is 6.54 Å². The molecular formula is C14H26N4O. The third-order valence-electron chi connectivity index (χ3n) is 3.73. The van der Waals surface area contributed by atoms with E-state index >= 15 is 0 Å². The average Bonchev–Trinajstić information content (AvgIpc) is 3.19. The van der Waals surface area contributed by atoms with Gasteiger partial charge in [-0.3, -0.25) is 4.79 Å². The number of nitrogens with one attached hydrogen (secondary N) is 2. The molecule has 0 bridgehead atoms. The standard InChI is InChI=1S/C14H26N4O/c1-3-15-14(18-8-6-11(2)7-9-18)16-10-13(19)17-12-4-5-12/h11-12H,3-10H2,1-2H3,(H,15,16)(H,17,19). The van der Waals surface area contributed by atoms with Crippen LogP contribution in [0.5, 0.6) is 0 Å². The number of carbonyl (C=O) groups is 1. The summed E-state index contributed by atoms with van der Waals surface area (Å²) in [5, 5.41) is 6.26. The number of likely N-dealkylation sites (tertiary alicyclic amines) is 1. The Morgan fingerprint density at radius 2 is 1.95 bits per heavy atom. The first kappa shape index (κ1) is 14.2. The zero-order chi connectivity index (χ0) is 13.7. The SMILES string of the molecule is CCNC(=NCC(=O)NC1CC1)N1CCC(C)CC1. The number of aliphatic imine (C=N–C) groups is 1. The molecule has 5 nitrogen and oxygen atoms in total. The highest BCUT2D eigenvalue weighted by Crippen LogP contribution is 2.18. The van der Waals surface area contributed by atoms with Crippen LogP contribution in [0.15, 0.2) is 4.99 Å². The average molecular weight is 266 g/mol. The lowest BCUT2D eigenvalue weighted by molar-refractivity contribution is -0.119. The number of nitrogens with zero attached hydrogens (tertiary/aromatic N) is 2. The maximum atomic E-state index is 11.7. The zero-order valence-electron chi connectivity index (χ0n) is 12.1. The third-order valence-corrected chi connectivity index (χ3v) is 3.73. The minimum Gasteiger partial charge on any atom is -0.357 e. The molecule has 0 aromatic heterocycles. The van der Waals surface area contributed by atoms with E-state index in [1.807, 2.05) is 0 Å². The molecule has 0 atom stereocenters. The second kappa shape index (κ2) is 6.78. The number of guanidine groups is 1. The topological polar surface area (TPSA) is 56.7 Å². The summed E-state index contributed by atoms with van der Waals surface area (Å²) in [4.78, 5) is 18.4. The van der Waals surface area contributed by atoms with E-state index in [1.54, 1.807) is 0 Å². The fourth-order valence-corrected chi connectivity index (χ4v) is 2.29. The Kier molecular flexibility index (Phi) is 5.05. The molecule has 0 radical (unpaired) electrons. The van der Waals surface area contributed by atoms with Gasteiger partial charge in [-0.25, -0.2) is 4.99 Å². The predicted octanol–water partition coefficient (Wildman–Crippen LogP) is 0.962. The highest BCUT2D eigenvalue weighted by atomic mass is 16.2. The molecule has 5 heteroatoms. The molecule has 1 aliphatic heterocycles. The molecule has 1 heterocycles. The Morgan fingerprint density at radius 1 is 1.26 bits per heavy atom. The molecule has 0 aromatic carbocycles. The van der Waals surface area contributed by atoms with Crippen molar-refractivity contribution in [2.45, 2.75) is 45.6 Å². The Hall–Kier alpha value is -1.26. The van der Waals surface area contributed by atoms with Crippen molar-refractivity contribution < 1.29 is 4.79 Å². The van der Waals surface area contributed by atoms with Crippen LogP contribution in [0.1, 0.15) is 39.5 Å². The highest BCUT2D eigenvalue weighted by molar-refractivity contribution is 5.85. The van der Waals surface area contributed by atoms with Gasteiger partial charge in [0.25, 0.3) is 0 Å². The predicted molar refractivity (Wildman–Crippen MR) is 77.1 cm³/mol. The smallest absolute Gasteiger partial charge is 0.242 e. The molecule has 1 saturated carbocycles. The number of rotatable bonds is 4. The van der Waals surface area contributed by atoms with Gasteiger partial charge in [-0.1, -0.05) is 6.92 Å².